The van der Waals surface area contributed by atoms with Crippen LogP contribution >= 0.6 is 11.6 Å². The fraction of sp³-hybridized carbons (Fsp3) is 0.0667. The van der Waals surface area contributed by atoms with E-state index in [0.29, 0.717) is 6.54 Å². The van der Waals surface area contributed by atoms with E-state index in [9.17, 15) is 0 Å². The van der Waals surface area contributed by atoms with Gasteiger partial charge in [0.05, 0.1) is 0 Å². The Bertz CT molecular complexity index is 529. The predicted octanol–water partition coefficient (Wildman–Crippen LogP) is 3.86. The van der Waals surface area contributed by atoms with E-state index in [-0.39, 0.29) is 0 Å². The van der Waals surface area contributed by atoms with Crippen LogP contribution in [0.15, 0.2) is 55.1 Å². The van der Waals surface area contributed by atoms with Crippen LogP contribution in [0.2, 0.25) is 5.02 Å². The minimum absolute atomic E-state index is 0.517. The van der Waals surface area contributed by atoms with Gasteiger partial charge in [0.1, 0.15) is 0 Å². The number of nitrogens with two attached hydrogens (primary N) is 1. The van der Waals surface area contributed by atoms with E-state index in [2.05, 4.69) is 6.58 Å². The van der Waals surface area contributed by atoms with Gasteiger partial charge in [0.2, 0.25) is 0 Å². The Morgan fingerprint density at radius 1 is 1.06 bits per heavy atom. The Morgan fingerprint density at radius 3 is 2.35 bits per heavy atom. The van der Waals surface area contributed by atoms with E-state index >= 15 is 0 Å². The summed E-state index contributed by atoms with van der Waals surface area (Å²) in [5.41, 5.74) is 9.97. The summed E-state index contributed by atoms with van der Waals surface area (Å²) >= 11 is 5.87. The van der Waals surface area contributed by atoms with E-state index in [1.807, 2.05) is 48.5 Å². The third-order valence-electron chi connectivity index (χ3n) is 2.76. The van der Waals surface area contributed by atoms with Gasteiger partial charge >= 0.3 is 0 Å². The molecule has 0 aliphatic carbocycles. The van der Waals surface area contributed by atoms with Gasteiger partial charge in [-0.25, -0.2) is 0 Å². The standard InChI is InChI=1S/C15H14ClN/c1-11(12-6-8-14(16)9-7-12)15-5-3-2-4-13(15)10-17/h2-9H,1,10,17H2. The minimum atomic E-state index is 0.517. The van der Waals surface area contributed by atoms with Crippen molar-refractivity contribution in [3.05, 3.63) is 76.8 Å². The zero-order valence-corrected chi connectivity index (χ0v) is 10.2. The molecule has 0 bridgehead atoms. The van der Waals surface area contributed by atoms with Crippen LogP contribution in [0.4, 0.5) is 0 Å². The van der Waals surface area contributed by atoms with Gasteiger partial charge in [0.15, 0.2) is 0 Å². The average molecular weight is 244 g/mol. The van der Waals surface area contributed by atoms with Gasteiger partial charge < -0.3 is 5.73 Å². The van der Waals surface area contributed by atoms with Gasteiger partial charge in [0.25, 0.3) is 0 Å². The zero-order chi connectivity index (χ0) is 12.3. The molecule has 2 aromatic carbocycles. The van der Waals surface area contributed by atoms with Crippen LogP contribution in [0.25, 0.3) is 5.57 Å². The Kier molecular flexibility index (Phi) is 3.62. The molecule has 2 N–H and O–H groups in total. The zero-order valence-electron chi connectivity index (χ0n) is 9.49. The quantitative estimate of drug-likeness (QED) is 0.871. The maximum Gasteiger partial charge on any atom is 0.0406 e. The van der Waals surface area contributed by atoms with Crippen LogP contribution in [0.3, 0.4) is 0 Å². The summed E-state index contributed by atoms with van der Waals surface area (Å²) < 4.78 is 0. The Labute approximate surface area is 107 Å². The highest BCUT2D eigenvalue weighted by atomic mass is 35.5. The number of halogens is 1. The lowest BCUT2D eigenvalue weighted by atomic mass is 9.95. The fourth-order valence-corrected chi connectivity index (χ4v) is 1.93. The van der Waals surface area contributed by atoms with Crippen molar-refractivity contribution in [1.82, 2.24) is 0 Å². The van der Waals surface area contributed by atoms with Crippen molar-refractivity contribution in [2.24, 2.45) is 5.73 Å². The van der Waals surface area contributed by atoms with Crippen LogP contribution in [0.1, 0.15) is 16.7 Å². The van der Waals surface area contributed by atoms with Gasteiger partial charge in [0, 0.05) is 11.6 Å². The maximum atomic E-state index is 5.87. The molecule has 0 unspecified atom stereocenters. The first-order chi connectivity index (χ1) is 8.22. The highest BCUT2D eigenvalue weighted by Crippen LogP contribution is 2.25. The predicted molar refractivity (Wildman–Crippen MR) is 73.9 cm³/mol. The average Bonchev–Trinajstić information content (AvgIpc) is 2.39. The van der Waals surface area contributed by atoms with Crippen molar-refractivity contribution < 1.29 is 0 Å². The lowest BCUT2D eigenvalue weighted by Gasteiger charge is -2.11. The number of hydrogen-bond donors (Lipinski definition) is 1. The summed E-state index contributed by atoms with van der Waals surface area (Å²) in [5, 5.41) is 0.730. The number of hydrogen-bond acceptors (Lipinski definition) is 1. The molecule has 0 spiro atoms. The summed E-state index contributed by atoms with van der Waals surface area (Å²) in [5.74, 6) is 0. The van der Waals surface area contributed by atoms with Crippen molar-refractivity contribution in [3.8, 4) is 0 Å². The molecular formula is C15H14ClN. The third kappa shape index (κ3) is 2.57. The third-order valence-corrected chi connectivity index (χ3v) is 3.01. The summed E-state index contributed by atoms with van der Waals surface area (Å²) in [6, 6.07) is 15.7. The molecule has 2 rings (SSSR count). The van der Waals surface area contributed by atoms with Gasteiger partial charge in [-0.1, -0.05) is 54.6 Å². The molecule has 2 heteroatoms. The molecule has 0 aliphatic heterocycles. The summed E-state index contributed by atoms with van der Waals surface area (Å²) in [6.45, 7) is 4.65. The molecular weight excluding hydrogens is 230 g/mol. The molecule has 0 saturated carbocycles. The molecule has 2 aromatic rings. The second kappa shape index (κ2) is 5.17. The smallest absolute Gasteiger partial charge is 0.0406 e. The lowest BCUT2D eigenvalue weighted by Crippen LogP contribution is -2.01. The molecule has 1 nitrogen and oxygen atoms in total. The van der Waals surface area contributed by atoms with E-state index in [1.54, 1.807) is 0 Å². The van der Waals surface area contributed by atoms with Crippen LogP contribution in [-0.4, -0.2) is 0 Å². The Hall–Kier alpha value is -1.57. The first-order valence-corrected chi connectivity index (χ1v) is 5.83. The van der Waals surface area contributed by atoms with Crippen molar-refractivity contribution in [2.75, 3.05) is 0 Å². The maximum absolute atomic E-state index is 5.87. The monoisotopic (exact) mass is 243 g/mol. The van der Waals surface area contributed by atoms with Crippen LogP contribution < -0.4 is 5.73 Å². The Morgan fingerprint density at radius 2 is 1.71 bits per heavy atom. The van der Waals surface area contributed by atoms with E-state index in [0.717, 1.165) is 27.3 Å². The first-order valence-electron chi connectivity index (χ1n) is 5.45. The van der Waals surface area contributed by atoms with E-state index in [4.69, 9.17) is 17.3 Å². The van der Waals surface area contributed by atoms with E-state index in [1.165, 1.54) is 0 Å². The second-order valence-corrected chi connectivity index (χ2v) is 4.28. The highest BCUT2D eigenvalue weighted by molar-refractivity contribution is 6.30. The largest absolute Gasteiger partial charge is 0.326 e. The molecule has 0 heterocycles. The van der Waals surface area contributed by atoms with Gasteiger partial charge in [-0.15, -0.1) is 0 Å². The molecule has 0 radical (unpaired) electrons. The first kappa shape index (κ1) is 11.9. The normalized spacial score (nSPS) is 10.2. The lowest BCUT2D eigenvalue weighted by molar-refractivity contribution is 1.06. The molecule has 0 fully saturated rings. The van der Waals surface area contributed by atoms with E-state index < -0.39 is 0 Å². The fourth-order valence-electron chi connectivity index (χ4n) is 1.80. The topological polar surface area (TPSA) is 26.0 Å². The summed E-state index contributed by atoms with van der Waals surface area (Å²) in [4.78, 5) is 0. The number of benzene rings is 2. The van der Waals surface area contributed by atoms with Gasteiger partial charge in [-0.3, -0.25) is 0 Å². The van der Waals surface area contributed by atoms with Gasteiger partial charge in [-0.2, -0.15) is 0 Å². The van der Waals surface area contributed by atoms with Crippen molar-refractivity contribution in [2.45, 2.75) is 6.54 Å². The molecule has 17 heavy (non-hydrogen) atoms. The highest BCUT2D eigenvalue weighted by Gasteiger charge is 2.06. The molecule has 0 saturated heterocycles. The van der Waals surface area contributed by atoms with Crippen molar-refractivity contribution >= 4 is 17.2 Å². The minimum Gasteiger partial charge on any atom is -0.326 e. The SMILES string of the molecule is C=C(c1ccc(Cl)cc1)c1ccccc1CN. The van der Waals surface area contributed by atoms with Crippen molar-refractivity contribution in [1.29, 1.82) is 0 Å². The second-order valence-electron chi connectivity index (χ2n) is 3.85. The summed E-state index contributed by atoms with van der Waals surface area (Å²) in [6.07, 6.45) is 0. The molecule has 0 aliphatic rings. The molecule has 0 amide bonds. The van der Waals surface area contributed by atoms with Crippen LogP contribution in [0, 0.1) is 0 Å². The number of rotatable bonds is 3. The molecule has 0 atom stereocenters. The Balaban J connectivity index is 2.40. The van der Waals surface area contributed by atoms with Crippen LogP contribution in [-0.2, 0) is 6.54 Å². The molecule has 0 aromatic heterocycles. The van der Waals surface area contributed by atoms with Gasteiger partial charge in [-0.05, 0) is 34.4 Å². The van der Waals surface area contributed by atoms with Crippen LogP contribution in [0.5, 0.6) is 0 Å². The molecule has 86 valence electrons. The van der Waals surface area contributed by atoms with Crippen molar-refractivity contribution in [3.63, 3.8) is 0 Å². The summed E-state index contributed by atoms with van der Waals surface area (Å²) in [7, 11) is 0.